The third-order valence-electron chi connectivity index (χ3n) is 4.64. The number of rotatable bonds is 3. The topological polar surface area (TPSA) is 9.23 Å². The van der Waals surface area contributed by atoms with Crippen LogP contribution < -0.4 is 4.74 Å². The number of benzene rings is 3. The number of hydrogen-bond acceptors (Lipinski definition) is 1. The molecule has 3 aromatic rings. The van der Waals surface area contributed by atoms with Crippen LogP contribution in [0.2, 0.25) is 10.0 Å². The van der Waals surface area contributed by atoms with Crippen LogP contribution in [0.5, 0.6) is 5.75 Å². The van der Waals surface area contributed by atoms with E-state index < -0.39 is 0 Å². The summed E-state index contributed by atoms with van der Waals surface area (Å²) in [5, 5.41) is 1.29. The van der Waals surface area contributed by atoms with Crippen molar-refractivity contribution in [3.63, 3.8) is 0 Å². The van der Waals surface area contributed by atoms with E-state index in [0.717, 1.165) is 29.7 Å². The first kappa shape index (κ1) is 16.5. The second-order valence-electron chi connectivity index (χ2n) is 6.52. The molecule has 1 atom stereocenters. The van der Waals surface area contributed by atoms with Gasteiger partial charge in [-0.3, -0.25) is 0 Å². The summed E-state index contributed by atoms with van der Waals surface area (Å²) in [4.78, 5) is 0. The van der Waals surface area contributed by atoms with Gasteiger partial charge in [-0.2, -0.15) is 0 Å². The molecule has 4 rings (SSSR count). The van der Waals surface area contributed by atoms with E-state index in [1.807, 2.05) is 30.3 Å². The van der Waals surface area contributed by atoms with E-state index in [2.05, 4.69) is 37.3 Å². The van der Waals surface area contributed by atoms with Gasteiger partial charge in [-0.15, -0.1) is 0 Å². The fourth-order valence-electron chi connectivity index (χ4n) is 3.39. The lowest BCUT2D eigenvalue weighted by Gasteiger charge is -2.14. The van der Waals surface area contributed by atoms with Crippen LogP contribution in [0.1, 0.15) is 16.7 Å². The van der Waals surface area contributed by atoms with E-state index in [1.54, 1.807) is 0 Å². The normalized spacial score (nSPS) is 15.7. The lowest BCUT2D eigenvalue weighted by atomic mass is 9.99. The van der Waals surface area contributed by atoms with Crippen LogP contribution in [-0.4, -0.2) is 6.10 Å². The average molecular weight is 369 g/mol. The molecule has 1 nitrogen and oxygen atoms in total. The van der Waals surface area contributed by atoms with E-state index in [4.69, 9.17) is 27.9 Å². The zero-order valence-corrected chi connectivity index (χ0v) is 15.4. The predicted octanol–water partition coefficient (Wildman–Crippen LogP) is 6.52. The standard InChI is InChI=1S/C22H18Cl2O/c1-14-8-10-15(11-9-14)12-17-13-16-4-2-5-18(22(16)25-17)21-19(23)6-3-7-20(21)24/h2-11,17H,12-13H2,1H3. The third kappa shape index (κ3) is 3.27. The molecule has 0 saturated carbocycles. The van der Waals surface area contributed by atoms with Gasteiger partial charge in [0.15, 0.2) is 0 Å². The largest absolute Gasteiger partial charge is 0.489 e. The third-order valence-corrected chi connectivity index (χ3v) is 5.27. The predicted molar refractivity (Wildman–Crippen MR) is 105 cm³/mol. The summed E-state index contributed by atoms with van der Waals surface area (Å²) in [6, 6.07) is 20.4. The lowest BCUT2D eigenvalue weighted by molar-refractivity contribution is 0.234. The summed E-state index contributed by atoms with van der Waals surface area (Å²) >= 11 is 12.8. The Hall–Kier alpha value is -1.96. The molecule has 1 unspecified atom stereocenters. The Morgan fingerprint density at radius 1 is 0.920 bits per heavy atom. The van der Waals surface area contributed by atoms with E-state index in [1.165, 1.54) is 16.7 Å². The van der Waals surface area contributed by atoms with Crippen molar-refractivity contribution in [1.29, 1.82) is 0 Å². The molecule has 0 aliphatic carbocycles. The molecular formula is C22H18Cl2O. The molecule has 0 N–H and O–H groups in total. The molecule has 0 aromatic heterocycles. The zero-order chi connectivity index (χ0) is 17.4. The van der Waals surface area contributed by atoms with E-state index in [9.17, 15) is 0 Å². The molecule has 0 bridgehead atoms. The van der Waals surface area contributed by atoms with Gasteiger partial charge in [-0.05, 0) is 30.2 Å². The maximum atomic E-state index is 6.41. The van der Waals surface area contributed by atoms with Crippen LogP contribution in [0.15, 0.2) is 60.7 Å². The smallest absolute Gasteiger partial charge is 0.131 e. The van der Waals surface area contributed by atoms with Gasteiger partial charge < -0.3 is 4.74 Å². The van der Waals surface area contributed by atoms with Crippen molar-refractivity contribution in [3.8, 4) is 16.9 Å². The highest BCUT2D eigenvalue weighted by molar-refractivity contribution is 6.39. The van der Waals surface area contributed by atoms with Gasteiger partial charge in [0.05, 0.1) is 10.0 Å². The number of halogens is 2. The molecule has 126 valence electrons. The first-order valence-corrected chi connectivity index (χ1v) is 9.16. The van der Waals surface area contributed by atoms with Crippen molar-refractivity contribution in [1.82, 2.24) is 0 Å². The molecule has 3 aromatic carbocycles. The molecule has 0 spiro atoms. The Morgan fingerprint density at radius 2 is 1.60 bits per heavy atom. The van der Waals surface area contributed by atoms with E-state index in [0.29, 0.717) is 10.0 Å². The van der Waals surface area contributed by atoms with Crippen molar-refractivity contribution >= 4 is 23.2 Å². The average Bonchev–Trinajstić information content (AvgIpc) is 3.00. The van der Waals surface area contributed by atoms with Gasteiger partial charge in [0, 0.05) is 24.0 Å². The molecule has 25 heavy (non-hydrogen) atoms. The highest BCUT2D eigenvalue weighted by Gasteiger charge is 2.27. The molecule has 3 heteroatoms. The number of aryl methyl sites for hydroxylation is 1. The minimum absolute atomic E-state index is 0.139. The first-order chi connectivity index (χ1) is 12.1. The van der Waals surface area contributed by atoms with Crippen LogP contribution in [0.4, 0.5) is 0 Å². The van der Waals surface area contributed by atoms with Crippen molar-refractivity contribution in [2.24, 2.45) is 0 Å². The van der Waals surface area contributed by atoms with Crippen LogP contribution in [0.25, 0.3) is 11.1 Å². The number of hydrogen-bond donors (Lipinski definition) is 0. The Balaban J connectivity index is 1.65. The quantitative estimate of drug-likeness (QED) is 0.511. The van der Waals surface area contributed by atoms with Crippen molar-refractivity contribution in [2.45, 2.75) is 25.9 Å². The lowest BCUT2D eigenvalue weighted by Crippen LogP contribution is -2.16. The zero-order valence-electron chi connectivity index (χ0n) is 13.9. The van der Waals surface area contributed by atoms with Gasteiger partial charge in [-0.25, -0.2) is 0 Å². The number of fused-ring (bicyclic) bond motifs is 1. The van der Waals surface area contributed by atoms with Gasteiger partial charge in [0.1, 0.15) is 11.9 Å². The Labute approximate surface area is 158 Å². The van der Waals surface area contributed by atoms with Crippen molar-refractivity contribution in [3.05, 3.63) is 87.4 Å². The van der Waals surface area contributed by atoms with Crippen molar-refractivity contribution < 1.29 is 4.74 Å². The highest BCUT2D eigenvalue weighted by atomic mass is 35.5. The first-order valence-electron chi connectivity index (χ1n) is 8.40. The van der Waals surface area contributed by atoms with E-state index in [-0.39, 0.29) is 6.10 Å². The monoisotopic (exact) mass is 368 g/mol. The molecule has 0 radical (unpaired) electrons. The Kier molecular flexibility index (Phi) is 4.45. The molecule has 0 saturated heterocycles. The molecule has 1 aliphatic rings. The second kappa shape index (κ2) is 6.74. The van der Waals surface area contributed by atoms with Gasteiger partial charge in [-0.1, -0.05) is 77.3 Å². The molecule has 0 amide bonds. The van der Waals surface area contributed by atoms with Crippen LogP contribution in [0, 0.1) is 6.92 Å². The maximum absolute atomic E-state index is 6.41. The van der Waals surface area contributed by atoms with Gasteiger partial charge in [0.2, 0.25) is 0 Å². The van der Waals surface area contributed by atoms with Crippen LogP contribution in [0.3, 0.4) is 0 Å². The Bertz CT molecular complexity index is 896. The summed E-state index contributed by atoms with van der Waals surface area (Å²) in [7, 11) is 0. The van der Waals surface area contributed by atoms with Gasteiger partial charge in [0.25, 0.3) is 0 Å². The fourth-order valence-corrected chi connectivity index (χ4v) is 3.99. The van der Waals surface area contributed by atoms with Crippen LogP contribution in [-0.2, 0) is 12.8 Å². The van der Waals surface area contributed by atoms with Gasteiger partial charge >= 0.3 is 0 Å². The van der Waals surface area contributed by atoms with E-state index >= 15 is 0 Å². The summed E-state index contributed by atoms with van der Waals surface area (Å²) in [6.07, 6.45) is 1.93. The fraction of sp³-hybridized carbons (Fsp3) is 0.182. The summed E-state index contributed by atoms with van der Waals surface area (Å²) in [6.45, 7) is 2.10. The SMILES string of the molecule is Cc1ccc(CC2Cc3cccc(-c4c(Cl)cccc4Cl)c3O2)cc1. The summed E-state index contributed by atoms with van der Waals surface area (Å²) in [5.74, 6) is 0.912. The molecule has 1 aliphatic heterocycles. The molecule has 0 fully saturated rings. The maximum Gasteiger partial charge on any atom is 0.131 e. The minimum atomic E-state index is 0.139. The molecule has 1 heterocycles. The Morgan fingerprint density at radius 3 is 2.32 bits per heavy atom. The number of para-hydroxylation sites is 1. The summed E-state index contributed by atoms with van der Waals surface area (Å²) < 4.78 is 6.32. The van der Waals surface area contributed by atoms with Crippen molar-refractivity contribution in [2.75, 3.05) is 0 Å². The summed E-state index contributed by atoms with van der Waals surface area (Å²) in [5.41, 5.74) is 5.60. The molecular weight excluding hydrogens is 351 g/mol. The second-order valence-corrected chi connectivity index (χ2v) is 7.34. The van der Waals surface area contributed by atoms with Crippen LogP contribution >= 0.6 is 23.2 Å². The minimum Gasteiger partial charge on any atom is -0.489 e. The number of ether oxygens (including phenoxy) is 1. The highest BCUT2D eigenvalue weighted by Crippen LogP contribution is 2.44.